The van der Waals surface area contributed by atoms with Crippen LogP contribution in [-0.2, 0) is 14.3 Å². The van der Waals surface area contributed by atoms with E-state index in [0.717, 1.165) is 6.42 Å². The van der Waals surface area contributed by atoms with E-state index in [1.807, 2.05) is 6.92 Å². The summed E-state index contributed by atoms with van der Waals surface area (Å²) in [7, 11) is 1.38. The van der Waals surface area contributed by atoms with Gasteiger partial charge in [-0.05, 0) is 12.8 Å². The van der Waals surface area contributed by atoms with E-state index in [0.29, 0.717) is 19.4 Å². The third-order valence-electron chi connectivity index (χ3n) is 2.59. The lowest BCUT2D eigenvalue weighted by Crippen LogP contribution is -2.44. The molecule has 0 bridgehead atoms. The van der Waals surface area contributed by atoms with Gasteiger partial charge in [0.15, 0.2) is 0 Å². The molecule has 2 N–H and O–H groups in total. The van der Waals surface area contributed by atoms with Crippen LogP contribution in [-0.4, -0.2) is 37.6 Å². The second kappa shape index (κ2) is 5.70. The van der Waals surface area contributed by atoms with E-state index in [4.69, 9.17) is 0 Å². The first-order valence-corrected chi connectivity index (χ1v) is 5.28. The van der Waals surface area contributed by atoms with Gasteiger partial charge in [-0.2, -0.15) is 0 Å². The summed E-state index contributed by atoms with van der Waals surface area (Å²) >= 11 is 0. The summed E-state index contributed by atoms with van der Waals surface area (Å²) in [6, 6.07) is -0.122. The van der Waals surface area contributed by atoms with E-state index < -0.39 is 0 Å². The maximum Gasteiger partial charge on any atom is 0.322 e. The molecule has 0 aromatic carbocycles. The smallest absolute Gasteiger partial charge is 0.322 e. The Morgan fingerprint density at radius 1 is 1.73 bits per heavy atom. The molecule has 86 valence electrons. The second-order valence-electron chi connectivity index (χ2n) is 3.70. The lowest BCUT2D eigenvalue weighted by atomic mass is 10.2. The molecule has 0 aromatic heterocycles. The highest BCUT2D eigenvalue weighted by atomic mass is 16.5. The molecule has 0 saturated carbocycles. The number of methoxy groups -OCH3 is 1. The Labute approximate surface area is 89.6 Å². The Kier molecular flexibility index (Phi) is 4.55. The number of ether oxygens (including phenoxy) is 1. The van der Waals surface area contributed by atoms with Crippen molar-refractivity contribution in [2.24, 2.45) is 0 Å². The number of hydrogen-bond donors (Lipinski definition) is 2. The van der Waals surface area contributed by atoms with Gasteiger partial charge in [0.25, 0.3) is 0 Å². The fourth-order valence-corrected chi connectivity index (χ4v) is 1.65. The Bertz CT molecular complexity index is 243. The molecule has 15 heavy (non-hydrogen) atoms. The molecule has 1 saturated heterocycles. The molecule has 0 radical (unpaired) electrons. The van der Waals surface area contributed by atoms with Crippen molar-refractivity contribution < 1.29 is 14.3 Å². The molecule has 0 spiro atoms. The van der Waals surface area contributed by atoms with Gasteiger partial charge in [-0.25, -0.2) is 0 Å². The van der Waals surface area contributed by atoms with E-state index in [2.05, 4.69) is 15.4 Å². The zero-order chi connectivity index (χ0) is 11.3. The van der Waals surface area contributed by atoms with Crippen molar-refractivity contribution in [1.82, 2.24) is 10.6 Å². The van der Waals surface area contributed by atoms with Crippen LogP contribution in [0.3, 0.4) is 0 Å². The zero-order valence-corrected chi connectivity index (χ0v) is 9.21. The number of hydrogen-bond acceptors (Lipinski definition) is 4. The Balaban J connectivity index is 2.28. The highest BCUT2D eigenvalue weighted by Crippen LogP contribution is 2.05. The topological polar surface area (TPSA) is 67.4 Å². The first kappa shape index (κ1) is 12.0. The van der Waals surface area contributed by atoms with E-state index >= 15 is 0 Å². The highest BCUT2D eigenvalue weighted by Gasteiger charge is 2.23. The number of carbonyl (C=O) groups is 2. The molecule has 0 aromatic rings. The fraction of sp³-hybridized carbons (Fsp3) is 0.800. The van der Waals surface area contributed by atoms with Crippen molar-refractivity contribution in [3.8, 4) is 0 Å². The van der Waals surface area contributed by atoms with Crippen LogP contribution >= 0.6 is 0 Å². The molecule has 1 aliphatic rings. The fourth-order valence-electron chi connectivity index (χ4n) is 1.65. The SMILES string of the molecule is CCC(NCC1CCC(=O)N1)C(=O)OC. The predicted octanol–water partition coefficient (Wildman–Crippen LogP) is -0.194. The van der Waals surface area contributed by atoms with E-state index in [1.165, 1.54) is 7.11 Å². The summed E-state index contributed by atoms with van der Waals surface area (Å²) in [4.78, 5) is 22.2. The van der Waals surface area contributed by atoms with Crippen LogP contribution in [0.1, 0.15) is 26.2 Å². The van der Waals surface area contributed by atoms with Gasteiger partial charge in [-0.15, -0.1) is 0 Å². The Hall–Kier alpha value is -1.10. The molecule has 2 unspecified atom stereocenters. The summed E-state index contributed by atoms with van der Waals surface area (Å²) < 4.78 is 4.65. The van der Waals surface area contributed by atoms with Gasteiger partial charge >= 0.3 is 5.97 Å². The molecule has 5 nitrogen and oxygen atoms in total. The Morgan fingerprint density at radius 3 is 2.93 bits per heavy atom. The van der Waals surface area contributed by atoms with E-state index in [1.54, 1.807) is 0 Å². The number of amides is 1. The third-order valence-corrected chi connectivity index (χ3v) is 2.59. The minimum absolute atomic E-state index is 0.0907. The molecule has 2 atom stereocenters. The van der Waals surface area contributed by atoms with E-state index in [9.17, 15) is 9.59 Å². The van der Waals surface area contributed by atoms with Crippen LogP contribution in [0, 0.1) is 0 Å². The Morgan fingerprint density at radius 2 is 2.47 bits per heavy atom. The molecule has 1 amide bonds. The largest absolute Gasteiger partial charge is 0.468 e. The number of nitrogens with one attached hydrogen (secondary N) is 2. The minimum Gasteiger partial charge on any atom is -0.468 e. The van der Waals surface area contributed by atoms with Crippen LogP contribution in [0.5, 0.6) is 0 Å². The van der Waals surface area contributed by atoms with Crippen LogP contribution < -0.4 is 10.6 Å². The molecule has 1 fully saturated rings. The molecule has 1 heterocycles. The lowest BCUT2D eigenvalue weighted by Gasteiger charge is -2.17. The zero-order valence-electron chi connectivity index (χ0n) is 9.21. The summed E-state index contributed by atoms with van der Waals surface area (Å²) in [5.74, 6) is -0.158. The van der Waals surface area contributed by atoms with Crippen molar-refractivity contribution in [1.29, 1.82) is 0 Å². The van der Waals surface area contributed by atoms with Crippen LogP contribution in [0.4, 0.5) is 0 Å². The third kappa shape index (κ3) is 3.51. The van der Waals surface area contributed by atoms with Gasteiger partial charge in [-0.3, -0.25) is 9.59 Å². The van der Waals surface area contributed by atoms with Crippen LogP contribution in [0.2, 0.25) is 0 Å². The molecule has 1 aliphatic heterocycles. The van der Waals surface area contributed by atoms with Crippen molar-refractivity contribution in [3.05, 3.63) is 0 Å². The molecule has 5 heteroatoms. The van der Waals surface area contributed by atoms with Gasteiger partial charge in [0.1, 0.15) is 6.04 Å². The minimum atomic E-state index is -0.271. The van der Waals surface area contributed by atoms with Gasteiger partial charge in [0.2, 0.25) is 5.91 Å². The maximum absolute atomic E-state index is 11.2. The summed E-state index contributed by atoms with van der Waals surface area (Å²) in [6.07, 6.45) is 2.11. The standard InChI is InChI=1S/C10H18N2O3/c1-3-8(10(14)15-2)11-6-7-4-5-9(13)12-7/h7-8,11H,3-6H2,1-2H3,(H,12,13). The first-order valence-electron chi connectivity index (χ1n) is 5.28. The normalized spacial score (nSPS) is 22.3. The molecule has 0 aliphatic carbocycles. The van der Waals surface area contributed by atoms with Crippen molar-refractivity contribution >= 4 is 11.9 Å². The van der Waals surface area contributed by atoms with Crippen LogP contribution in [0.25, 0.3) is 0 Å². The summed E-state index contributed by atoms with van der Waals surface area (Å²) in [5.41, 5.74) is 0. The van der Waals surface area contributed by atoms with Crippen molar-refractivity contribution in [2.75, 3.05) is 13.7 Å². The van der Waals surface area contributed by atoms with Gasteiger partial charge in [-0.1, -0.05) is 6.92 Å². The molecule has 1 rings (SSSR count). The van der Waals surface area contributed by atoms with E-state index in [-0.39, 0.29) is 24.0 Å². The highest BCUT2D eigenvalue weighted by molar-refractivity contribution is 5.78. The summed E-state index contributed by atoms with van der Waals surface area (Å²) in [5, 5.41) is 5.93. The van der Waals surface area contributed by atoms with Gasteiger partial charge in [0, 0.05) is 19.0 Å². The quantitative estimate of drug-likeness (QED) is 0.622. The van der Waals surface area contributed by atoms with Gasteiger partial charge in [0.05, 0.1) is 7.11 Å². The molecular formula is C10H18N2O3. The van der Waals surface area contributed by atoms with Gasteiger partial charge < -0.3 is 15.4 Å². The average molecular weight is 214 g/mol. The molecular weight excluding hydrogens is 196 g/mol. The monoisotopic (exact) mass is 214 g/mol. The number of esters is 1. The lowest BCUT2D eigenvalue weighted by molar-refractivity contribution is -0.143. The second-order valence-corrected chi connectivity index (χ2v) is 3.70. The van der Waals surface area contributed by atoms with Crippen LogP contribution in [0.15, 0.2) is 0 Å². The number of carbonyl (C=O) groups excluding carboxylic acids is 2. The summed E-state index contributed by atoms with van der Waals surface area (Å²) in [6.45, 7) is 2.54. The number of rotatable bonds is 5. The van der Waals surface area contributed by atoms with Crippen molar-refractivity contribution in [2.45, 2.75) is 38.3 Å². The first-order chi connectivity index (χ1) is 7.17. The maximum atomic E-state index is 11.2. The van der Waals surface area contributed by atoms with Crippen molar-refractivity contribution in [3.63, 3.8) is 0 Å². The average Bonchev–Trinajstić information content (AvgIpc) is 2.64. The predicted molar refractivity (Wildman–Crippen MR) is 55.3 cm³/mol.